The topological polar surface area (TPSA) is 68.0 Å². The van der Waals surface area contributed by atoms with E-state index in [2.05, 4.69) is 10.3 Å². The molecule has 0 spiro atoms. The van der Waals surface area contributed by atoms with Crippen LogP contribution in [0.4, 0.5) is 0 Å². The molecule has 1 aromatic heterocycles. The molecule has 1 aliphatic carbocycles. The van der Waals surface area contributed by atoms with E-state index in [-0.39, 0.29) is 36.3 Å². The Hall–Kier alpha value is -1.14. The summed E-state index contributed by atoms with van der Waals surface area (Å²) in [5, 5.41) is 6.13. The molecule has 1 amide bonds. The molecule has 2 aromatic rings. The zero-order chi connectivity index (χ0) is 15.6. The van der Waals surface area contributed by atoms with Gasteiger partial charge >= 0.3 is 0 Å². The van der Waals surface area contributed by atoms with Crippen LogP contribution in [0.25, 0.3) is 10.6 Å². The van der Waals surface area contributed by atoms with E-state index in [1.807, 2.05) is 36.6 Å². The Labute approximate surface area is 159 Å². The average Bonchev–Trinajstić information content (AvgIpc) is 3.17. The predicted octanol–water partition coefficient (Wildman–Crippen LogP) is 3.96. The predicted molar refractivity (Wildman–Crippen MR) is 105 cm³/mol. The van der Waals surface area contributed by atoms with Crippen LogP contribution < -0.4 is 11.1 Å². The number of halogens is 2. The Balaban J connectivity index is 0.00000144. The summed E-state index contributed by atoms with van der Waals surface area (Å²) in [6.45, 7) is 2.48. The Bertz CT molecular complexity index is 684. The van der Waals surface area contributed by atoms with Crippen molar-refractivity contribution in [2.24, 2.45) is 5.73 Å². The van der Waals surface area contributed by atoms with Gasteiger partial charge in [-0.15, -0.1) is 36.2 Å². The third-order valence-corrected chi connectivity index (χ3v) is 5.33. The van der Waals surface area contributed by atoms with Gasteiger partial charge in [-0.05, 0) is 31.9 Å². The first kappa shape index (κ1) is 20.9. The van der Waals surface area contributed by atoms with Gasteiger partial charge in [0, 0.05) is 28.7 Å². The maximum absolute atomic E-state index is 12.6. The molecule has 0 atom stereocenters. The van der Waals surface area contributed by atoms with Gasteiger partial charge in [0.2, 0.25) is 0 Å². The molecule has 0 radical (unpaired) electrons. The lowest BCUT2D eigenvalue weighted by molar-refractivity contribution is 0.0903. The van der Waals surface area contributed by atoms with Gasteiger partial charge < -0.3 is 11.1 Å². The van der Waals surface area contributed by atoms with E-state index in [9.17, 15) is 4.79 Å². The number of hydrogen-bond donors (Lipinski definition) is 2. The number of carbonyl (C=O) groups excluding carboxylic acids is 1. The van der Waals surface area contributed by atoms with Crippen LogP contribution in [0, 0.1) is 6.92 Å². The molecule has 1 fully saturated rings. The van der Waals surface area contributed by atoms with Crippen LogP contribution >= 0.6 is 36.2 Å². The lowest BCUT2D eigenvalue weighted by Crippen LogP contribution is -2.51. The number of nitrogens with one attached hydrogen (secondary N) is 1. The van der Waals surface area contributed by atoms with Crippen LogP contribution in [-0.2, 0) is 0 Å². The minimum absolute atomic E-state index is 0. The van der Waals surface area contributed by atoms with Gasteiger partial charge in [-0.3, -0.25) is 4.79 Å². The van der Waals surface area contributed by atoms with Crippen LogP contribution in [0.15, 0.2) is 29.6 Å². The summed E-state index contributed by atoms with van der Waals surface area (Å²) in [6.07, 6.45) is 4.22. The van der Waals surface area contributed by atoms with E-state index in [0.29, 0.717) is 12.1 Å². The van der Waals surface area contributed by atoms with Crippen molar-refractivity contribution in [2.45, 2.75) is 38.1 Å². The minimum atomic E-state index is -0.217. The first-order chi connectivity index (χ1) is 10.6. The molecule has 3 rings (SSSR count). The molecule has 7 heteroatoms. The number of nitrogens with zero attached hydrogens (tertiary/aromatic N) is 1. The number of aryl methyl sites for hydroxylation is 1. The zero-order valence-electron chi connectivity index (χ0n) is 13.6. The number of carbonyl (C=O) groups is 1. The second kappa shape index (κ2) is 8.81. The molecule has 132 valence electrons. The Kier molecular flexibility index (Phi) is 7.67. The molecular formula is C17H23Cl2N3OS. The molecule has 1 aromatic carbocycles. The van der Waals surface area contributed by atoms with E-state index in [4.69, 9.17) is 5.73 Å². The van der Waals surface area contributed by atoms with Crippen LogP contribution in [0.3, 0.4) is 0 Å². The fraction of sp³-hybridized carbons (Fsp3) is 0.412. The molecule has 0 bridgehead atoms. The van der Waals surface area contributed by atoms with Crippen molar-refractivity contribution in [3.63, 3.8) is 0 Å². The Morgan fingerprint density at radius 2 is 2.04 bits per heavy atom. The number of rotatable bonds is 4. The van der Waals surface area contributed by atoms with Crippen LogP contribution in [0.5, 0.6) is 0 Å². The first-order valence-electron chi connectivity index (χ1n) is 7.67. The minimum Gasteiger partial charge on any atom is -0.345 e. The highest BCUT2D eigenvalue weighted by molar-refractivity contribution is 7.13. The summed E-state index contributed by atoms with van der Waals surface area (Å²) in [4.78, 5) is 17.1. The Morgan fingerprint density at radius 1 is 1.33 bits per heavy atom. The standard InChI is InChI=1S/C17H21N3OS.2ClH/c1-12-10-22-16(19-12)14-6-4-5-13(9-14)15(21)20-17(11-18)7-2-3-8-17;;/h4-6,9-10H,2-3,7-8,11,18H2,1H3,(H,20,21);2*1H. The molecule has 4 nitrogen and oxygen atoms in total. The number of hydrogen-bond acceptors (Lipinski definition) is 4. The monoisotopic (exact) mass is 387 g/mol. The van der Waals surface area contributed by atoms with Crippen molar-refractivity contribution in [2.75, 3.05) is 6.54 Å². The smallest absolute Gasteiger partial charge is 0.251 e. The van der Waals surface area contributed by atoms with Gasteiger partial charge in [0.05, 0.1) is 5.54 Å². The van der Waals surface area contributed by atoms with Gasteiger partial charge in [-0.2, -0.15) is 0 Å². The highest BCUT2D eigenvalue weighted by atomic mass is 35.5. The largest absolute Gasteiger partial charge is 0.345 e. The van der Waals surface area contributed by atoms with E-state index in [0.717, 1.165) is 41.9 Å². The van der Waals surface area contributed by atoms with Gasteiger partial charge in [0.15, 0.2) is 0 Å². The van der Waals surface area contributed by atoms with Crippen molar-refractivity contribution in [1.82, 2.24) is 10.3 Å². The average molecular weight is 388 g/mol. The van der Waals surface area contributed by atoms with Crippen molar-refractivity contribution in [3.8, 4) is 10.6 Å². The summed E-state index contributed by atoms with van der Waals surface area (Å²) in [6, 6.07) is 7.65. The molecule has 24 heavy (non-hydrogen) atoms. The maximum atomic E-state index is 12.6. The molecule has 1 heterocycles. The van der Waals surface area contributed by atoms with Crippen molar-refractivity contribution < 1.29 is 4.79 Å². The number of thiazole rings is 1. The van der Waals surface area contributed by atoms with Crippen molar-refractivity contribution in [3.05, 3.63) is 40.9 Å². The molecule has 0 unspecified atom stereocenters. The molecule has 0 saturated heterocycles. The van der Waals surface area contributed by atoms with Gasteiger partial charge in [0.25, 0.3) is 5.91 Å². The first-order valence-corrected chi connectivity index (χ1v) is 8.55. The normalized spacial score (nSPS) is 15.2. The fourth-order valence-corrected chi connectivity index (χ4v) is 3.82. The second-order valence-electron chi connectivity index (χ2n) is 6.02. The van der Waals surface area contributed by atoms with Gasteiger partial charge in [0.1, 0.15) is 5.01 Å². The van der Waals surface area contributed by atoms with E-state index >= 15 is 0 Å². The third kappa shape index (κ3) is 4.48. The lowest BCUT2D eigenvalue weighted by Gasteiger charge is -2.28. The molecule has 3 N–H and O–H groups in total. The maximum Gasteiger partial charge on any atom is 0.251 e. The highest BCUT2D eigenvalue weighted by Gasteiger charge is 2.34. The van der Waals surface area contributed by atoms with Gasteiger partial charge in [-0.1, -0.05) is 25.0 Å². The SMILES string of the molecule is Cc1csc(-c2cccc(C(=O)NC3(CN)CCCC3)c2)n1.Cl.Cl. The second-order valence-corrected chi connectivity index (χ2v) is 6.88. The van der Waals surface area contributed by atoms with E-state index in [1.54, 1.807) is 11.3 Å². The summed E-state index contributed by atoms with van der Waals surface area (Å²) in [7, 11) is 0. The number of benzene rings is 1. The van der Waals surface area contributed by atoms with Crippen LogP contribution in [0.1, 0.15) is 41.7 Å². The lowest BCUT2D eigenvalue weighted by atomic mass is 9.97. The zero-order valence-corrected chi connectivity index (χ0v) is 16.0. The highest BCUT2D eigenvalue weighted by Crippen LogP contribution is 2.29. The number of aromatic nitrogens is 1. The number of nitrogens with two attached hydrogens (primary N) is 1. The summed E-state index contributed by atoms with van der Waals surface area (Å²) in [5.41, 5.74) is 8.34. The fourth-order valence-electron chi connectivity index (χ4n) is 3.02. The van der Waals surface area contributed by atoms with Crippen LogP contribution in [-0.4, -0.2) is 23.0 Å². The summed E-state index contributed by atoms with van der Waals surface area (Å²) < 4.78 is 0. The Morgan fingerprint density at radius 3 is 2.62 bits per heavy atom. The van der Waals surface area contributed by atoms with Crippen molar-refractivity contribution >= 4 is 42.1 Å². The summed E-state index contributed by atoms with van der Waals surface area (Å²) >= 11 is 1.60. The van der Waals surface area contributed by atoms with Crippen molar-refractivity contribution in [1.29, 1.82) is 0 Å². The molecule has 0 aliphatic heterocycles. The summed E-state index contributed by atoms with van der Waals surface area (Å²) in [5.74, 6) is -0.0394. The molecule has 1 saturated carbocycles. The van der Waals surface area contributed by atoms with Gasteiger partial charge in [-0.25, -0.2) is 4.98 Å². The van der Waals surface area contributed by atoms with Crippen LogP contribution in [0.2, 0.25) is 0 Å². The quantitative estimate of drug-likeness (QED) is 0.833. The molecule has 1 aliphatic rings. The number of amides is 1. The molecular weight excluding hydrogens is 365 g/mol. The third-order valence-electron chi connectivity index (χ3n) is 4.32. The van der Waals surface area contributed by atoms with E-state index in [1.165, 1.54) is 0 Å². The van der Waals surface area contributed by atoms with E-state index < -0.39 is 0 Å².